The first-order chi connectivity index (χ1) is 10.0. The van der Waals surface area contributed by atoms with Gasteiger partial charge in [-0.1, -0.05) is 34.8 Å². The smallest absolute Gasteiger partial charge is 0.0762 e. The predicted molar refractivity (Wildman–Crippen MR) is 93.3 cm³/mol. The van der Waals surface area contributed by atoms with Gasteiger partial charge in [0, 0.05) is 28.3 Å². The molecule has 0 aliphatic rings. The summed E-state index contributed by atoms with van der Waals surface area (Å²) in [6, 6.07) is 10.7. The molecule has 0 aromatic heterocycles. The molecule has 0 atom stereocenters. The monoisotopic (exact) mass is 341 g/mol. The molecule has 0 saturated carbocycles. The normalized spacial score (nSPS) is 11.4. The van der Waals surface area contributed by atoms with Crippen LogP contribution >= 0.6 is 34.8 Å². The van der Waals surface area contributed by atoms with Gasteiger partial charge in [0.15, 0.2) is 0 Å². The third-order valence-corrected chi connectivity index (χ3v) is 3.71. The van der Waals surface area contributed by atoms with Gasteiger partial charge in [-0.25, -0.2) is 0 Å². The number of benzene rings is 2. The van der Waals surface area contributed by atoms with E-state index in [9.17, 15) is 0 Å². The van der Waals surface area contributed by atoms with Crippen LogP contribution in [0.5, 0.6) is 0 Å². The number of halogens is 3. The second kappa shape index (κ2) is 7.03. The van der Waals surface area contributed by atoms with Gasteiger partial charge in [-0.3, -0.25) is 5.43 Å². The molecule has 0 bridgehead atoms. The van der Waals surface area contributed by atoms with E-state index in [1.165, 1.54) is 0 Å². The van der Waals surface area contributed by atoms with E-state index < -0.39 is 0 Å². The number of rotatable bonds is 4. The molecule has 0 aliphatic heterocycles. The van der Waals surface area contributed by atoms with Crippen LogP contribution in [0.25, 0.3) is 0 Å². The lowest BCUT2D eigenvalue weighted by Crippen LogP contribution is -2.04. The van der Waals surface area contributed by atoms with Crippen LogP contribution in [0.1, 0.15) is 12.5 Å². The first kappa shape index (κ1) is 16.0. The Bertz CT molecular complexity index is 684. The summed E-state index contributed by atoms with van der Waals surface area (Å²) in [6.45, 7) is 1.89. The van der Waals surface area contributed by atoms with Crippen molar-refractivity contribution in [3.05, 3.63) is 57.0 Å². The fourth-order valence-corrected chi connectivity index (χ4v) is 2.33. The zero-order valence-corrected chi connectivity index (χ0v) is 13.8. The molecular formula is C15H14Cl3N3. The molecule has 0 unspecified atom stereocenters. The zero-order chi connectivity index (χ0) is 15.4. The zero-order valence-electron chi connectivity index (χ0n) is 11.5. The van der Waals surface area contributed by atoms with Crippen LogP contribution in [0.2, 0.25) is 15.1 Å². The van der Waals surface area contributed by atoms with Gasteiger partial charge < -0.3 is 5.32 Å². The molecular weight excluding hydrogens is 329 g/mol. The molecule has 0 aliphatic carbocycles. The Labute approximate surface area is 138 Å². The summed E-state index contributed by atoms with van der Waals surface area (Å²) in [6.07, 6.45) is 0. The van der Waals surface area contributed by atoms with Gasteiger partial charge in [-0.2, -0.15) is 5.10 Å². The minimum absolute atomic E-state index is 0.552. The Balaban J connectivity index is 2.29. The molecule has 3 nitrogen and oxygen atoms in total. The molecule has 6 heteroatoms. The molecule has 0 amide bonds. The van der Waals surface area contributed by atoms with Gasteiger partial charge in [0.2, 0.25) is 0 Å². The highest BCUT2D eigenvalue weighted by Crippen LogP contribution is 2.26. The number of anilines is 2. The van der Waals surface area contributed by atoms with Crippen LogP contribution in [0.3, 0.4) is 0 Å². The quantitative estimate of drug-likeness (QED) is 0.566. The standard InChI is InChI=1S/C15H14Cl3N3/c1-9(12-7-10(16)4-6-14(12)19-2)20-21-15-8-11(17)3-5-13(15)18/h3-8,19,21H,1-2H3/b20-9+. The molecule has 110 valence electrons. The van der Waals surface area contributed by atoms with Gasteiger partial charge in [0.25, 0.3) is 0 Å². The van der Waals surface area contributed by atoms with E-state index in [0.717, 1.165) is 17.0 Å². The molecule has 0 spiro atoms. The first-order valence-electron chi connectivity index (χ1n) is 6.24. The van der Waals surface area contributed by atoms with Crippen LogP contribution in [-0.4, -0.2) is 12.8 Å². The van der Waals surface area contributed by atoms with Crippen molar-refractivity contribution in [2.45, 2.75) is 6.92 Å². The van der Waals surface area contributed by atoms with Crippen molar-refractivity contribution in [2.75, 3.05) is 17.8 Å². The van der Waals surface area contributed by atoms with Crippen molar-refractivity contribution in [3.8, 4) is 0 Å². The second-order valence-electron chi connectivity index (χ2n) is 4.37. The summed E-state index contributed by atoms with van der Waals surface area (Å²) in [4.78, 5) is 0. The van der Waals surface area contributed by atoms with E-state index in [4.69, 9.17) is 34.8 Å². The molecule has 2 N–H and O–H groups in total. The fourth-order valence-electron chi connectivity index (χ4n) is 1.82. The number of hydrogen-bond donors (Lipinski definition) is 2. The SMILES string of the molecule is CNc1ccc(Cl)cc1/C(C)=N/Nc1cc(Cl)ccc1Cl. The van der Waals surface area contributed by atoms with E-state index in [1.54, 1.807) is 18.2 Å². The van der Waals surface area contributed by atoms with Crippen LogP contribution in [0.15, 0.2) is 41.5 Å². The van der Waals surface area contributed by atoms with Gasteiger partial charge >= 0.3 is 0 Å². The molecule has 2 rings (SSSR count). The minimum Gasteiger partial charge on any atom is -0.388 e. The van der Waals surface area contributed by atoms with Crippen molar-refractivity contribution in [1.29, 1.82) is 0 Å². The van der Waals surface area contributed by atoms with Crippen LogP contribution in [-0.2, 0) is 0 Å². The van der Waals surface area contributed by atoms with Gasteiger partial charge in [0.1, 0.15) is 0 Å². The maximum absolute atomic E-state index is 6.09. The Morgan fingerprint density at radius 3 is 2.33 bits per heavy atom. The van der Waals surface area contributed by atoms with E-state index in [2.05, 4.69) is 15.8 Å². The van der Waals surface area contributed by atoms with E-state index >= 15 is 0 Å². The number of nitrogens with one attached hydrogen (secondary N) is 2. The highest BCUT2D eigenvalue weighted by atomic mass is 35.5. The van der Waals surface area contributed by atoms with Crippen LogP contribution < -0.4 is 10.7 Å². The average molecular weight is 343 g/mol. The van der Waals surface area contributed by atoms with E-state index in [0.29, 0.717) is 20.8 Å². The lowest BCUT2D eigenvalue weighted by Gasteiger charge is -2.10. The summed E-state index contributed by atoms with van der Waals surface area (Å²) in [5, 5.41) is 9.24. The largest absolute Gasteiger partial charge is 0.388 e. The summed E-state index contributed by atoms with van der Waals surface area (Å²) in [5.41, 5.74) is 6.21. The topological polar surface area (TPSA) is 36.4 Å². The molecule has 0 fully saturated rings. The van der Waals surface area contributed by atoms with E-state index in [1.807, 2.05) is 32.2 Å². The van der Waals surface area contributed by atoms with Crippen LogP contribution in [0, 0.1) is 0 Å². The maximum Gasteiger partial charge on any atom is 0.0762 e. The Morgan fingerprint density at radius 1 is 0.952 bits per heavy atom. The molecule has 21 heavy (non-hydrogen) atoms. The lowest BCUT2D eigenvalue weighted by molar-refractivity contribution is 1.32. The maximum atomic E-state index is 6.09. The van der Waals surface area contributed by atoms with Crippen molar-refractivity contribution in [1.82, 2.24) is 0 Å². The minimum atomic E-state index is 0.552. The lowest BCUT2D eigenvalue weighted by atomic mass is 10.1. The Morgan fingerprint density at radius 2 is 1.62 bits per heavy atom. The van der Waals surface area contributed by atoms with E-state index in [-0.39, 0.29) is 0 Å². The third kappa shape index (κ3) is 4.03. The summed E-state index contributed by atoms with van der Waals surface area (Å²) >= 11 is 18.1. The van der Waals surface area contributed by atoms with Gasteiger partial charge in [-0.05, 0) is 43.3 Å². The number of nitrogens with zero attached hydrogens (tertiary/aromatic N) is 1. The number of hydrazone groups is 1. The van der Waals surface area contributed by atoms with Crippen molar-refractivity contribution >= 4 is 51.9 Å². The molecule has 2 aromatic carbocycles. The highest BCUT2D eigenvalue weighted by Gasteiger charge is 2.06. The number of hydrogen-bond acceptors (Lipinski definition) is 3. The first-order valence-corrected chi connectivity index (χ1v) is 7.37. The van der Waals surface area contributed by atoms with Gasteiger partial charge in [-0.15, -0.1) is 0 Å². The fraction of sp³-hybridized carbons (Fsp3) is 0.133. The molecule has 0 radical (unpaired) electrons. The van der Waals surface area contributed by atoms with Crippen molar-refractivity contribution in [2.24, 2.45) is 5.10 Å². The van der Waals surface area contributed by atoms with Gasteiger partial charge in [0.05, 0.1) is 16.4 Å². The molecule has 0 heterocycles. The third-order valence-electron chi connectivity index (χ3n) is 2.91. The Kier molecular flexibility index (Phi) is 5.34. The summed E-state index contributed by atoms with van der Waals surface area (Å²) < 4.78 is 0. The Hall–Kier alpha value is -1.42. The predicted octanol–water partition coefficient (Wildman–Crippen LogP) is 5.52. The molecule has 0 saturated heterocycles. The summed E-state index contributed by atoms with van der Waals surface area (Å²) in [7, 11) is 1.85. The summed E-state index contributed by atoms with van der Waals surface area (Å²) in [5.74, 6) is 0. The van der Waals surface area contributed by atoms with Crippen molar-refractivity contribution in [3.63, 3.8) is 0 Å². The molecule has 2 aromatic rings. The van der Waals surface area contributed by atoms with Crippen molar-refractivity contribution < 1.29 is 0 Å². The second-order valence-corrected chi connectivity index (χ2v) is 5.65. The van der Waals surface area contributed by atoms with Crippen LogP contribution in [0.4, 0.5) is 11.4 Å². The average Bonchev–Trinajstić information content (AvgIpc) is 2.47. The highest BCUT2D eigenvalue weighted by molar-refractivity contribution is 6.35.